The Morgan fingerprint density at radius 2 is 1.94 bits per heavy atom. The van der Waals surface area contributed by atoms with Gasteiger partial charge in [-0.3, -0.25) is 0 Å². The second-order valence-electron chi connectivity index (χ2n) is 4.38. The first kappa shape index (κ1) is 15.3. The molecule has 0 aromatic heterocycles. The molecule has 0 N–H and O–H groups in total. The average Bonchev–Trinajstić information content (AvgIpc) is 2.33. The van der Waals surface area contributed by atoms with E-state index >= 15 is 0 Å². The predicted octanol–water partition coefficient (Wildman–Crippen LogP) is 6.65. The summed E-state index contributed by atoms with van der Waals surface area (Å²) in [5, 5.41) is 1.55. The highest BCUT2D eigenvalue weighted by Crippen LogP contribution is 2.40. The third kappa shape index (κ3) is 4.46. The van der Waals surface area contributed by atoms with Crippen LogP contribution in [-0.2, 0) is 0 Å². The van der Waals surface area contributed by atoms with Crippen LogP contribution in [0.3, 0.4) is 0 Å². The van der Waals surface area contributed by atoms with Crippen molar-refractivity contribution in [2.24, 2.45) is 5.92 Å². The van der Waals surface area contributed by atoms with E-state index in [1.807, 2.05) is 18.2 Å². The van der Waals surface area contributed by atoms with Crippen molar-refractivity contribution in [2.45, 2.75) is 44.4 Å². The minimum Gasteiger partial charge on any atom is -0.0843 e. The predicted molar refractivity (Wildman–Crippen MR) is 81.4 cm³/mol. The number of halogens is 3. The molecule has 0 aliphatic rings. The third-order valence-electron chi connectivity index (χ3n) is 3.12. The molecule has 17 heavy (non-hydrogen) atoms. The van der Waals surface area contributed by atoms with Crippen LogP contribution in [-0.4, -0.2) is 0 Å². The van der Waals surface area contributed by atoms with E-state index in [0.717, 1.165) is 22.0 Å². The second kappa shape index (κ2) is 7.66. The van der Waals surface area contributed by atoms with Crippen LogP contribution in [0.2, 0.25) is 10.0 Å². The lowest BCUT2D eigenvalue weighted by Crippen LogP contribution is -2.07. The molecule has 0 bridgehead atoms. The zero-order valence-electron chi connectivity index (χ0n) is 10.3. The van der Waals surface area contributed by atoms with Crippen LogP contribution in [0.5, 0.6) is 0 Å². The number of benzene rings is 1. The lowest BCUT2D eigenvalue weighted by atomic mass is 9.92. The molecule has 0 radical (unpaired) electrons. The molecule has 0 aliphatic heterocycles. The number of alkyl halides is 1. The summed E-state index contributed by atoms with van der Waals surface area (Å²) in [6.07, 6.45) is 4.88. The molecule has 0 amide bonds. The normalized spacial score (nSPS) is 14.6. The van der Waals surface area contributed by atoms with Crippen molar-refractivity contribution in [2.75, 3.05) is 0 Å². The molecule has 96 valence electrons. The highest BCUT2D eigenvalue weighted by Gasteiger charge is 2.20. The van der Waals surface area contributed by atoms with E-state index in [0.29, 0.717) is 10.7 Å². The lowest BCUT2D eigenvalue weighted by molar-refractivity contribution is 0.446. The third-order valence-corrected chi connectivity index (χ3v) is 4.94. The Hall–Kier alpha value is 0.280. The summed E-state index contributed by atoms with van der Waals surface area (Å²) in [6, 6.07) is 5.68. The fraction of sp³-hybridized carbons (Fsp3) is 0.571. The monoisotopic (exact) mass is 336 g/mol. The van der Waals surface area contributed by atoms with Gasteiger partial charge in [0.25, 0.3) is 0 Å². The van der Waals surface area contributed by atoms with Crippen LogP contribution >= 0.6 is 39.1 Å². The highest BCUT2D eigenvalue weighted by molar-refractivity contribution is 9.09. The molecule has 0 nitrogen and oxygen atoms in total. The molecule has 1 aromatic carbocycles. The van der Waals surface area contributed by atoms with Gasteiger partial charge < -0.3 is 0 Å². The molecule has 0 fully saturated rings. The maximum absolute atomic E-state index is 6.24. The topological polar surface area (TPSA) is 0 Å². The molecule has 0 aliphatic carbocycles. The van der Waals surface area contributed by atoms with Crippen LogP contribution in [0, 0.1) is 5.92 Å². The summed E-state index contributed by atoms with van der Waals surface area (Å²) in [6.45, 7) is 4.45. The maximum atomic E-state index is 6.24. The standard InChI is InChI=1S/C14H19BrCl2/c1-3-5-6-10(4-2)14(15)12-9-11(16)7-8-13(12)17/h7-10,14H,3-6H2,1-2H3. The molecule has 3 heteroatoms. The summed E-state index contributed by atoms with van der Waals surface area (Å²) in [4.78, 5) is 0.297. The molecule has 2 unspecified atom stereocenters. The SMILES string of the molecule is CCCCC(CC)C(Br)c1cc(Cl)ccc1Cl. The number of rotatable bonds is 6. The Morgan fingerprint density at radius 3 is 2.53 bits per heavy atom. The fourth-order valence-electron chi connectivity index (χ4n) is 2.00. The van der Waals surface area contributed by atoms with E-state index in [-0.39, 0.29) is 0 Å². The number of hydrogen-bond acceptors (Lipinski definition) is 0. The summed E-state index contributed by atoms with van der Waals surface area (Å²) >= 11 is 16.1. The number of hydrogen-bond donors (Lipinski definition) is 0. The molecule has 0 heterocycles. The summed E-state index contributed by atoms with van der Waals surface area (Å²) in [5.74, 6) is 0.617. The number of unbranched alkanes of at least 4 members (excludes halogenated alkanes) is 1. The van der Waals surface area contributed by atoms with Gasteiger partial charge in [-0.25, -0.2) is 0 Å². The van der Waals surface area contributed by atoms with Gasteiger partial charge in [-0.15, -0.1) is 0 Å². The van der Waals surface area contributed by atoms with Gasteiger partial charge in [-0.2, -0.15) is 0 Å². The molecule has 0 saturated carbocycles. The van der Waals surface area contributed by atoms with Crippen molar-refractivity contribution in [1.82, 2.24) is 0 Å². The van der Waals surface area contributed by atoms with E-state index in [4.69, 9.17) is 23.2 Å². The molecule has 1 rings (SSSR count). The van der Waals surface area contributed by atoms with Gasteiger partial charge in [0.2, 0.25) is 0 Å². The van der Waals surface area contributed by atoms with E-state index in [1.165, 1.54) is 19.3 Å². The Bertz CT molecular complexity index is 352. The summed E-state index contributed by atoms with van der Waals surface area (Å²) in [7, 11) is 0. The van der Waals surface area contributed by atoms with Crippen molar-refractivity contribution in [3.05, 3.63) is 33.8 Å². The Kier molecular flexibility index (Phi) is 6.91. The van der Waals surface area contributed by atoms with E-state index < -0.39 is 0 Å². The van der Waals surface area contributed by atoms with Crippen LogP contribution < -0.4 is 0 Å². The van der Waals surface area contributed by atoms with Crippen molar-refractivity contribution < 1.29 is 0 Å². The van der Waals surface area contributed by atoms with Gasteiger partial charge in [0.15, 0.2) is 0 Å². The zero-order chi connectivity index (χ0) is 12.8. The van der Waals surface area contributed by atoms with Gasteiger partial charge in [-0.1, -0.05) is 72.2 Å². The van der Waals surface area contributed by atoms with E-state index in [2.05, 4.69) is 29.8 Å². The minimum atomic E-state index is 0.297. The molecular formula is C14H19BrCl2. The van der Waals surface area contributed by atoms with Crippen molar-refractivity contribution in [1.29, 1.82) is 0 Å². The molecule has 0 spiro atoms. The van der Waals surface area contributed by atoms with Gasteiger partial charge in [0.1, 0.15) is 0 Å². The van der Waals surface area contributed by atoms with E-state index in [9.17, 15) is 0 Å². The maximum Gasteiger partial charge on any atom is 0.0450 e. The first-order valence-electron chi connectivity index (χ1n) is 6.19. The van der Waals surface area contributed by atoms with Crippen molar-refractivity contribution in [3.8, 4) is 0 Å². The quantitative estimate of drug-likeness (QED) is 0.510. The molecule has 0 saturated heterocycles. The van der Waals surface area contributed by atoms with Crippen LogP contribution in [0.4, 0.5) is 0 Å². The first-order chi connectivity index (χ1) is 8.10. The average molecular weight is 338 g/mol. The smallest absolute Gasteiger partial charge is 0.0450 e. The zero-order valence-corrected chi connectivity index (χ0v) is 13.4. The lowest BCUT2D eigenvalue weighted by Gasteiger charge is -2.22. The van der Waals surface area contributed by atoms with Gasteiger partial charge in [0.05, 0.1) is 0 Å². The van der Waals surface area contributed by atoms with Gasteiger partial charge in [0, 0.05) is 14.9 Å². The van der Waals surface area contributed by atoms with E-state index in [1.54, 1.807) is 0 Å². The van der Waals surface area contributed by atoms with Crippen LogP contribution in [0.1, 0.15) is 49.9 Å². The largest absolute Gasteiger partial charge is 0.0843 e. The van der Waals surface area contributed by atoms with Crippen molar-refractivity contribution >= 4 is 39.1 Å². The van der Waals surface area contributed by atoms with Gasteiger partial charge in [-0.05, 0) is 36.1 Å². The molecular weight excluding hydrogens is 319 g/mol. The van der Waals surface area contributed by atoms with Gasteiger partial charge >= 0.3 is 0 Å². The summed E-state index contributed by atoms with van der Waals surface area (Å²) in [5.41, 5.74) is 1.11. The fourth-order valence-corrected chi connectivity index (χ4v) is 3.57. The molecule has 2 atom stereocenters. The minimum absolute atomic E-state index is 0.297. The Labute approximate surface area is 123 Å². The Balaban J connectivity index is 2.85. The van der Waals surface area contributed by atoms with Crippen LogP contribution in [0.25, 0.3) is 0 Å². The highest BCUT2D eigenvalue weighted by atomic mass is 79.9. The van der Waals surface area contributed by atoms with Crippen LogP contribution in [0.15, 0.2) is 18.2 Å². The first-order valence-corrected chi connectivity index (χ1v) is 7.86. The van der Waals surface area contributed by atoms with Crippen molar-refractivity contribution in [3.63, 3.8) is 0 Å². The second-order valence-corrected chi connectivity index (χ2v) is 6.21. The Morgan fingerprint density at radius 1 is 1.24 bits per heavy atom. The molecule has 1 aromatic rings. The summed E-state index contributed by atoms with van der Waals surface area (Å²) < 4.78 is 0.